The normalized spacial score (nSPS) is 17.3. The summed E-state index contributed by atoms with van der Waals surface area (Å²) in [6, 6.07) is 13.0. The van der Waals surface area contributed by atoms with Crippen molar-refractivity contribution in [1.82, 2.24) is 5.32 Å². The Morgan fingerprint density at radius 2 is 2.00 bits per heavy atom. The molecule has 120 valence electrons. The number of aliphatic imine (C=N–C) groups is 1. The van der Waals surface area contributed by atoms with E-state index in [9.17, 15) is 14.9 Å². The van der Waals surface area contributed by atoms with Crippen molar-refractivity contribution in [3.63, 3.8) is 0 Å². The SMILES string of the molecule is O=C1NC(=Nc2cccc(Cl)c2)S/C1=C/c1cccc([N+](=O)[O-])c1. The van der Waals surface area contributed by atoms with Crippen molar-refractivity contribution in [2.45, 2.75) is 0 Å². The minimum absolute atomic E-state index is 0.0272. The van der Waals surface area contributed by atoms with Crippen LogP contribution in [0.15, 0.2) is 58.4 Å². The Bertz CT molecular complexity index is 896. The number of amidine groups is 1. The van der Waals surface area contributed by atoms with Crippen LogP contribution in [0.1, 0.15) is 5.56 Å². The molecule has 0 atom stereocenters. The van der Waals surface area contributed by atoms with Crippen LogP contribution in [0.2, 0.25) is 5.02 Å². The number of nitrogens with zero attached hydrogens (tertiary/aromatic N) is 2. The Balaban J connectivity index is 1.84. The summed E-state index contributed by atoms with van der Waals surface area (Å²) in [5, 5.41) is 14.5. The number of rotatable bonds is 3. The predicted octanol–water partition coefficient (Wildman–Crippen LogP) is 4.14. The lowest BCUT2D eigenvalue weighted by atomic mass is 10.2. The van der Waals surface area contributed by atoms with Crippen molar-refractivity contribution in [1.29, 1.82) is 0 Å². The standard InChI is InChI=1S/C16H10ClN3O3S/c17-11-4-2-5-12(9-11)18-16-19-15(21)14(24-16)8-10-3-1-6-13(7-10)20(22)23/h1-9H,(H,18,19,21)/b14-8+. The maximum absolute atomic E-state index is 12.0. The Hall–Kier alpha value is -2.64. The van der Waals surface area contributed by atoms with Gasteiger partial charge in [0.1, 0.15) is 0 Å². The van der Waals surface area contributed by atoms with Crippen LogP contribution in [0.4, 0.5) is 11.4 Å². The number of nitrogens with one attached hydrogen (secondary N) is 1. The van der Waals surface area contributed by atoms with E-state index in [0.29, 0.717) is 26.3 Å². The zero-order valence-corrected chi connectivity index (χ0v) is 13.7. The number of amides is 1. The summed E-state index contributed by atoms with van der Waals surface area (Å²) in [5.74, 6) is -0.299. The van der Waals surface area contributed by atoms with E-state index in [1.807, 2.05) is 0 Å². The van der Waals surface area contributed by atoms with E-state index >= 15 is 0 Å². The number of thioether (sulfide) groups is 1. The van der Waals surface area contributed by atoms with E-state index < -0.39 is 4.92 Å². The van der Waals surface area contributed by atoms with Crippen LogP contribution in [0.3, 0.4) is 0 Å². The highest BCUT2D eigenvalue weighted by Crippen LogP contribution is 2.29. The van der Waals surface area contributed by atoms with Crippen LogP contribution in [0, 0.1) is 10.1 Å². The third-order valence-corrected chi connectivity index (χ3v) is 4.21. The second kappa shape index (κ2) is 6.86. The molecule has 0 unspecified atom stereocenters. The van der Waals surface area contributed by atoms with Gasteiger partial charge in [-0.25, -0.2) is 4.99 Å². The van der Waals surface area contributed by atoms with Gasteiger partial charge in [0.25, 0.3) is 11.6 Å². The molecule has 8 heteroatoms. The summed E-state index contributed by atoms with van der Waals surface area (Å²) in [4.78, 5) is 27.1. The largest absolute Gasteiger partial charge is 0.300 e. The number of non-ortho nitro benzene ring substituents is 1. The molecular weight excluding hydrogens is 350 g/mol. The molecule has 1 saturated heterocycles. The Morgan fingerprint density at radius 1 is 1.21 bits per heavy atom. The van der Waals surface area contributed by atoms with Gasteiger partial charge >= 0.3 is 0 Å². The molecule has 0 aliphatic carbocycles. The van der Waals surface area contributed by atoms with Crippen molar-refractivity contribution in [2.24, 2.45) is 4.99 Å². The lowest BCUT2D eigenvalue weighted by molar-refractivity contribution is -0.384. The van der Waals surface area contributed by atoms with Gasteiger partial charge in [0, 0.05) is 17.2 Å². The maximum Gasteiger partial charge on any atom is 0.270 e. The smallest absolute Gasteiger partial charge is 0.270 e. The molecule has 1 amide bonds. The molecule has 1 aliphatic rings. The predicted molar refractivity (Wildman–Crippen MR) is 95.4 cm³/mol. The number of benzene rings is 2. The van der Waals surface area contributed by atoms with Crippen LogP contribution in [0.25, 0.3) is 6.08 Å². The summed E-state index contributed by atoms with van der Waals surface area (Å²) in [6.07, 6.45) is 1.59. The lowest BCUT2D eigenvalue weighted by Crippen LogP contribution is -2.19. The summed E-state index contributed by atoms with van der Waals surface area (Å²) in [6.45, 7) is 0. The van der Waals surface area contributed by atoms with Crippen LogP contribution in [-0.2, 0) is 4.79 Å². The second-order valence-electron chi connectivity index (χ2n) is 4.81. The molecular formula is C16H10ClN3O3S. The molecule has 0 aromatic heterocycles. The first-order valence-corrected chi connectivity index (χ1v) is 8.00. The number of halogens is 1. The van der Waals surface area contributed by atoms with Gasteiger partial charge in [0.2, 0.25) is 0 Å². The van der Waals surface area contributed by atoms with Gasteiger partial charge in [-0.05, 0) is 41.6 Å². The van der Waals surface area contributed by atoms with Crippen LogP contribution < -0.4 is 5.32 Å². The van der Waals surface area contributed by atoms with Crippen LogP contribution in [0.5, 0.6) is 0 Å². The topological polar surface area (TPSA) is 84.6 Å². The molecule has 3 rings (SSSR count). The van der Waals surface area contributed by atoms with Crippen molar-refractivity contribution in [3.8, 4) is 0 Å². The number of hydrogen-bond acceptors (Lipinski definition) is 5. The number of hydrogen-bond donors (Lipinski definition) is 1. The fraction of sp³-hybridized carbons (Fsp3) is 0. The summed E-state index contributed by atoms with van der Waals surface area (Å²) < 4.78 is 0. The van der Waals surface area contributed by atoms with Gasteiger partial charge in [-0.3, -0.25) is 14.9 Å². The molecule has 0 radical (unpaired) electrons. The number of carbonyl (C=O) groups is 1. The van der Waals surface area contributed by atoms with Crippen LogP contribution >= 0.6 is 23.4 Å². The Morgan fingerprint density at radius 3 is 2.75 bits per heavy atom. The van der Waals surface area contributed by atoms with Gasteiger partial charge in [-0.15, -0.1) is 0 Å². The Kier molecular flexibility index (Phi) is 4.64. The quantitative estimate of drug-likeness (QED) is 0.507. The van der Waals surface area contributed by atoms with E-state index in [4.69, 9.17) is 11.6 Å². The highest BCUT2D eigenvalue weighted by molar-refractivity contribution is 8.18. The first-order valence-electron chi connectivity index (χ1n) is 6.81. The fourth-order valence-electron chi connectivity index (χ4n) is 2.02. The maximum atomic E-state index is 12.0. The first-order chi connectivity index (χ1) is 11.5. The lowest BCUT2D eigenvalue weighted by Gasteiger charge is -1.96. The molecule has 0 bridgehead atoms. The summed E-state index contributed by atoms with van der Waals surface area (Å²) in [5.41, 5.74) is 1.17. The van der Waals surface area contributed by atoms with Gasteiger partial charge in [-0.1, -0.05) is 29.8 Å². The first kappa shape index (κ1) is 16.2. The molecule has 1 aliphatic heterocycles. The van der Waals surface area contributed by atoms with E-state index in [0.717, 1.165) is 0 Å². The van der Waals surface area contributed by atoms with Crippen molar-refractivity contribution in [3.05, 3.63) is 74.1 Å². The average Bonchev–Trinajstić information content (AvgIpc) is 2.87. The number of nitro benzene ring substituents is 1. The van der Waals surface area contributed by atoms with Gasteiger partial charge < -0.3 is 5.32 Å². The Labute approximate surface area is 146 Å². The molecule has 6 nitrogen and oxygen atoms in total. The highest BCUT2D eigenvalue weighted by Gasteiger charge is 2.24. The van der Waals surface area contributed by atoms with E-state index in [1.165, 1.54) is 23.9 Å². The molecule has 24 heavy (non-hydrogen) atoms. The van der Waals surface area contributed by atoms with E-state index in [2.05, 4.69) is 10.3 Å². The molecule has 2 aromatic carbocycles. The third kappa shape index (κ3) is 3.81. The van der Waals surface area contributed by atoms with E-state index in [-0.39, 0.29) is 11.6 Å². The van der Waals surface area contributed by atoms with Crippen molar-refractivity contribution < 1.29 is 9.72 Å². The minimum atomic E-state index is -0.476. The molecule has 0 spiro atoms. The average molecular weight is 360 g/mol. The zero-order chi connectivity index (χ0) is 17.1. The highest BCUT2D eigenvalue weighted by atomic mass is 35.5. The monoisotopic (exact) mass is 359 g/mol. The number of carbonyl (C=O) groups excluding carboxylic acids is 1. The molecule has 1 fully saturated rings. The van der Waals surface area contributed by atoms with Gasteiger partial charge in [0.05, 0.1) is 15.5 Å². The number of nitro groups is 1. The van der Waals surface area contributed by atoms with Crippen molar-refractivity contribution >= 4 is 51.9 Å². The molecule has 2 aromatic rings. The third-order valence-electron chi connectivity index (χ3n) is 3.07. The zero-order valence-electron chi connectivity index (χ0n) is 12.1. The fourth-order valence-corrected chi connectivity index (χ4v) is 3.05. The second-order valence-corrected chi connectivity index (χ2v) is 6.28. The molecule has 0 saturated carbocycles. The summed E-state index contributed by atoms with van der Waals surface area (Å²) in [7, 11) is 0. The van der Waals surface area contributed by atoms with E-state index in [1.54, 1.807) is 42.5 Å². The van der Waals surface area contributed by atoms with Crippen molar-refractivity contribution in [2.75, 3.05) is 0 Å². The minimum Gasteiger partial charge on any atom is -0.300 e. The van der Waals surface area contributed by atoms with Gasteiger partial charge in [-0.2, -0.15) is 0 Å². The molecule has 1 N–H and O–H groups in total. The van der Waals surface area contributed by atoms with Crippen LogP contribution in [-0.4, -0.2) is 16.0 Å². The molecule has 1 heterocycles. The summed E-state index contributed by atoms with van der Waals surface area (Å²) >= 11 is 7.07. The van der Waals surface area contributed by atoms with Gasteiger partial charge in [0.15, 0.2) is 5.17 Å².